The SMILES string of the molecule is CC(c1ccc(OC(C)(C)C(=O)O)cc1)c1cccc(N)c1. The number of ether oxygens (including phenoxy) is 1. The first-order chi connectivity index (χ1) is 10.3. The molecule has 0 aromatic heterocycles. The summed E-state index contributed by atoms with van der Waals surface area (Å²) >= 11 is 0. The average molecular weight is 299 g/mol. The Bertz CT molecular complexity index is 662. The van der Waals surface area contributed by atoms with E-state index in [0.717, 1.165) is 16.8 Å². The third kappa shape index (κ3) is 3.58. The maximum Gasteiger partial charge on any atom is 0.347 e. The summed E-state index contributed by atoms with van der Waals surface area (Å²) in [5.41, 5.74) is 7.57. The minimum Gasteiger partial charge on any atom is -0.478 e. The summed E-state index contributed by atoms with van der Waals surface area (Å²) in [5, 5.41) is 9.08. The van der Waals surface area contributed by atoms with Crippen molar-refractivity contribution in [2.45, 2.75) is 32.3 Å². The topological polar surface area (TPSA) is 72.5 Å². The molecular weight excluding hydrogens is 278 g/mol. The van der Waals surface area contributed by atoms with Gasteiger partial charge in [-0.2, -0.15) is 0 Å². The zero-order chi connectivity index (χ0) is 16.3. The molecule has 116 valence electrons. The second kappa shape index (κ2) is 6.10. The molecule has 2 rings (SSSR count). The number of carboxylic acid groups (broad SMARTS) is 1. The number of nitrogens with two attached hydrogens (primary N) is 1. The lowest BCUT2D eigenvalue weighted by Gasteiger charge is -2.22. The van der Waals surface area contributed by atoms with E-state index in [1.165, 1.54) is 13.8 Å². The maximum absolute atomic E-state index is 11.1. The molecule has 2 aromatic carbocycles. The maximum atomic E-state index is 11.1. The molecule has 0 aliphatic heterocycles. The molecule has 4 nitrogen and oxygen atoms in total. The normalized spacial score (nSPS) is 12.7. The van der Waals surface area contributed by atoms with Gasteiger partial charge in [-0.25, -0.2) is 4.79 Å². The summed E-state index contributed by atoms with van der Waals surface area (Å²) in [4.78, 5) is 11.1. The lowest BCUT2D eigenvalue weighted by molar-refractivity contribution is -0.152. The van der Waals surface area contributed by atoms with E-state index in [1.807, 2.05) is 36.4 Å². The van der Waals surface area contributed by atoms with Crippen LogP contribution < -0.4 is 10.5 Å². The van der Waals surface area contributed by atoms with Gasteiger partial charge in [0.1, 0.15) is 5.75 Å². The van der Waals surface area contributed by atoms with Crippen LogP contribution in [0.15, 0.2) is 48.5 Å². The van der Waals surface area contributed by atoms with Crippen LogP contribution in [0.5, 0.6) is 5.75 Å². The van der Waals surface area contributed by atoms with E-state index in [9.17, 15) is 4.79 Å². The lowest BCUT2D eigenvalue weighted by Crippen LogP contribution is -2.37. The van der Waals surface area contributed by atoms with Gasteiger partial charge in [0.2, 0.25) is 0 Å². The summed E-state index contributed by atoms with van der Waals surface area (Å²) < 4.78 is 5.50. The van der Waals surface area contributed by atoms with E-state index < -0.39 is 11.6 Å². The fourth-order valence-corrected chi connectivity index (χ4v) is 2.18. The predicted molar refractivity (Wildman–Crippen MR) is 87.2 cm³/mol. The van der Waals surface area contributed by atoms with Gasteiger partial charge in [-0.05, 0) is 49.2 Å². The van der Waals surface area contributed by atoms with Crippen LogP contribution in [0.2, 0.25) is 0 Å². The van der Waals surface area contributed by atoms with E-state index in [2.05, 4.69) is 6.92 Å². The van der Waals surface area contributed by atoms with Gasteiger partial charge >= 0.3 is 5.97 Å². The van der Waals surface area contributed by atoms with Crippen LogP contribution in [0.25, 0.3) is 0 Å². The number of rotatable bonds is 5. The molecule has 0 aliphatic rings. The predicted octanol–water partition coefficient (Wildman–Crippen LogP) is 3.66. The third-order valence-corrected chi connectivity index (χ3v) is 3.68. The molecule has 0 saturated carbocycles. The molecule has 4 heteroatoms. The Kier molecular flexibility index (Phi) is 4.40. The number of carbonyl (C=O) groups is 1. The molecule has 2 aromatic rings. The number of hydrogen-bond acceptors (Lipinski definition) is 3. The van der Waals surface area contributed by atoms with Gasteiger partial charge in [0, 0.05) is 11.6 Å². The molecule has 1 unspecified atom stereocenters. The highest BCUT2D eigenvalue weighted by molar-refractivity contribution is 5.76. The van der Waals surface area contributed by atoms with Crippen LogP contribution >= 0.6 is 0 Å². The summed E-state index contributed by atoms with van der Waals surface area (Å²) in [7, 11) is 0. The zero-order valence-corrected chi connectivity index (χ0v) is 13.0. The number of aliphatic carboxylic acids is 1. The number of nitrogen functional groups attached to an aromatic ring is 1. The Labute approximate surface area is 130 Å². The summed E-state index contributed by atoms with van der Waals surface area (Å²) in [6.07, 6.45) is 0. The van der Waals surface area contributed by atoms with Crippen molar-refractivity contribution >= 4 is 11.7 Å². The molecule has 0 fully saturated rings. The fraction of sp³-hybridized carbons (Fsp3) is 0.278. The highest BCUT2D eigenvalue weighted by Crippen LogP contribution is 2.28. The van der Waals surface area contributed by atoms with Crippen LogP contribution in [-0.2, 0) is 4.79 Å². The van der Waals surface area contributed by atoms with Crippen molar-refractivity contribution in [3.8, 4) is 5.75 Å². The van der Waals surface area contributed by atoms with Crippen molar-refractivity contribution in [1.82, 2.24) is 0 Å². The smallest absolute Gasteiger partial charge is 0.347 e. The Morgan fingerprint density at radius 3 is 2.32 bits per heavy atom. The fourth-order valence-electron chi connectivity index (χ4n) is 2.18. The molecule has 0 radical (unpaired) electrons. The molecule has 22 heavy (non-hydrogen) atoms. The van der Waals surface area contributed by atoms with Gasteiger partial charge in [-0.3, -0.25) is 0 Å². The molecule has 0 spiro atoms. The van der Waals surface area contributed by atoms with Crippen LogP contribution in [-0.4, -0.2) is 16.7 Å². The van der Waals surface area contributed by atoms with Gasteiger partial charge in [-0.15, -0.1) is 0 Å². The van der Waals surface area contributed by atoms with Crippen molar-refractivity contribution in [2.75, 3.05) is 5.73 Å². The largest absolute Gasteiger partial charge is 0.478 e. The number of anilines is 1. The highest BCUT2D eigenvalue weighted by Gasteiger charge is 2.29. The van der Waals surface area contributed by atoms with Crippen LogP contribution in [0, 0.1) is 0 Å². The Balaban J connectivity index is 2.17. The molecular formula is C18H21NO3. The number of hydrogen-bond donors (Lipinski definition) is 2. The van der Waals surface area contributed by atoms with Crippen molar-refractivity contribution in [1.29, 1.82) is 0 Å². The molecule has 0 heterocycles. The third-order valence-electron chi connectivity index (χ3n) is 3.68. The molecule has 0 bridgehead atoms. The van der Waals surface area contributed by atoms with Crippen molar-refractivity contribution in [3.63, 3.8) is 0 Å². The van der Waals surface area contributed by atoms with E-state index in [0.29, 0.717) is 5.75 Å². The van der Waals surface area contributed by atoms with Crippen LogP contribution in [0.3, 0.4) is 0 Å². The van der Waals surface area contributed by atoms with Gasteiger partial charge < -0.3 is 15.6 Å². The molecule has 0 saturated heterocycles. The van der Waals surface area contributed by atoms with Gasteiger partial charge in [0.05, 0.1) is 0 Å². The first-order valence-electron chi connectivity index (χ1n) is 7.17. The molecule has 3 N–H and O–H groups in total. The van der Waals surface area contributed by atoms with Gasteiger partial charge in [0.15, 0.2) is 5.60 Å². The number of carboxylic acids is 1. The Morgan fingerprint density at radius 2 is 1.77 bits per heavy atom. The summed E-state index contributed by atoms with van der Waals surface area (Å²) in [6.45, 7) is 5.16. The van der Waals surface area contributed by atoms with Crippen molar-refractivity contribution < 1.29 is 14.6 Å². The Hall–Kier alpha value is -2.49. The first kappa shape index (κ1) is 15.9. The van der Waals surface area contributed by atoms with Crippen LogP contribution in [0.4, 0.5) is 5.69 Å². The van der Waals surface area contributed by atoms with E-state index in [1.54, 1.807) is 12.1 Å². The van der Waals surface area contributed by atoms with E-state index in [4.69, 9.17) is 15.6 Å². The first-order valence-corrected chi connectivity index (χ1v) is 7.17. The minimum atomic E-state index is -1.25. The number of benzene rings is 2. The van der Waals surface area contributed by atoms with Gasteiger partial charge in [0.25, 0.3) is 0 Å². The highest BCUT2D eigenvalue weighted by atomic mass is 16.5. The second-order valence-electron chi connectivity index (χ2n) is 5.88. The standard InChI is InChI=1S/C18H21NO3/c1-12(14-5-4-6-15(19)11-14)13-7-9-16(10-8-13)22-18(2,3)17(20)21/h4-12H,19H2,1-3H3,(H,20,21). The van der Waals surface area contributed by atoms with Gasteiger partial charge in [-0.1, -0.05) is 31.2 Å². The lowest BCUT2D eigenvalue weighted by atomic mass is 9.93. The van der Waals surface area contributed by atoms with E-state index in [-0.39, 0.29) is 5.92 Å². The quantitative estimate of drug-likeness (QED) is 0.826. The van der Waals surface area contributed by atoms with Crippen LogP contribution in [0.1, 0.15) is 37.8 Å². The van der Waals surface area contributed by atoms with Crippen molar-refractivity contribution in [2.24, 2.45) is 0 Å². The summed E-state index contributed by atoms with van der Waals surface area (Å²) in [5.74, 6) is -0.259. The molecule has 0 amide bonds. The Morgan fingerprint density at radius 1 is 1.14 bits per heavy atom. The minimum absolute atomic E-state index is 0.199. The monoisotopic (exact) mass is 299 g/mol. The second-order valence-corrected chi connectivity index (χ2v) is 5.88. The average Bonchev–Trinajstić information content (AvgIpc) is 2.47. The van der Waals surface area contributed by atoms with E-state index >= 15 is 0 Å². The zero-order valence-electron chi connectivity index (χ0n) is 13.0. The molecule has 0 aliphatic carbocycles. The summed E-state index contributed by atoms with van der Waals surface area (Å²) in [6, 6.07) is 15.3. The van der Waals surface area contributed by atoms with Crippen molar-refractivity contribution in [3.05, 3.63) is 59.7 Å². The molecule has 1 atom stereocenters.